The van der Waals surface area contributed by atoms with Crippen LogP contribution in [0.2, 0.25) is 0 Å². The summed E-state index contributed by atoms with van der Waals surface area (Å²) in [6.07, 6.45) is 7.31. The molecule has 0 aliphatic carbocycles. The summed E-state index contributed by atoms with van der Waals surface area (Å²) in [5.74, 6) is 2.96. The van der Waals surface area contributed by atoms with Crippen molar-refractivity contribution in [3.63, 3.8) is 0 Å². The van der Waals surface area contributed by atoms with Crippen molar-refractivity contribution in [2.24, 2.45) is 0 Å². The van der Waals surface area contributed by atoms with Crippen LogP contribution < -0.4 is 0 Å². The number of nitrogens with one attached hydrogen (secondary N) is 1. The average molecular weight is 323 g/mol. The van der Waals surface area contributed by atoms with Crippen LogP contribution in [-0.4, -0.2) is 24.9 Å². The third-order valence-electron chi connectivity index (χ3n) is 3.75. The number of nitrogens with zero attached hydrogens (tertiary/aromatic N) is 4. The summed E-state index contributed by atoms with van der Waals surface area (Å²) in [5.41, 5.74) is 1.81. The molecule has 4 heterocycles. The van der Waals surface area contributed by atoms with Crippen LogP contribution in [0.3, 0.4) is 0 Å². The van der Waals surface area contributed by atoms with Gasteiger partial charge in [0.15, 0.2) is 23.1 Å². The number of hydrogen-bond donors (Lipinski definition) is 1. The Labute approximate surface area is 138 Å². The molecule has 0 saturated carbocycles. The summed E-state index contributed by atoms with van der Waals surface area (Å²) in [4.78, 5) is 4.40. The highest BCUT2D eigenvalue weighted by Crippen LogP contribution is 2.26. The van der Waals surface area contributed by atoms with Gasteiger partial charge in [0.05, 0.1) is 12.2 Å². The molecule has 0 fully saturated rings. The largest absolute Gasteiger partial charge is 0.451 e. The normalized spacial score (nSPS) is 11.2. The summed E-state index contributed by atoms with van der Waals surface area (Å²) < 4.78 is 13.3. The van der Waals surface area contributed by atoms with Gasteiger partial charge >= 0.3 is 0 Å². The molecular weight excluding hydrogens is 306 g/mol. The third-order valence-corrected chi connectivity index (χ3v) is 3.75. The minimum atomic E-state index is 0.562. The molecule has 4 rings (SSSR count). The van der Waals surface area contributed by atoms with Gasteiger partial charge in [0.25, 0.3) is 0 Å². The zero-order chi connectivity index (χ0) is 16.4. The Bertz CT molecular complexity index is 917. The SMILES string of the molecule is CCCc1cc(Cn2ccnc2-c2ccc(-c3ccn[nH]3)o2)on1. The van der Waals surface area contributed by atoms with Gasteiger partial charge in [-0.2, -0.15) is 5.10 Å². The number of aryl methyl sites for hydroxylation is 1. The summed E-state index contributed by atoms with van der Waals surface area (Å²) >= 11 is 0. The van der Waals surface area contributed by atoms with E-state index in [-0.39, 0.29) is 0 Å². The van der Waals surface area contributed by atoms with E-state index < -0.39 is 0 Å². The first kappa shape index (κ1) is 14.5. The predicted molar refractivity (Wildman–Crippen MR) is 87.1 cm³/mol. The molecule has 0 aromatic carbocycles. The number of H-pyrrole nitrogens is 1. The lowest BCUT2D eigenvalue weighted by molar-refractivity contribution is 0.370. The highest BCUT2D eigenvalue weighted by molar-refractivity contribution is 5.58. The molecule has 7 heteroatoms. The molecule has 24 heavy (non-hydrogen) atoms. The van der Waals surface area contributed by atoms with E-state index in [4.69, 9.17) is 8.94 Å². The molecule has 4 aromatic heterocycles. The quantitative estimate of drug-likeness (QED) is 0.587. The van der Waals surface area contributed by atoms with Gasteiger partial charge in [-0.1, -0.05) is 18.5 Å². The Balaban J connectivity index is 1.58. The predicted octanol–water partition coefficient (Wildman–Crippen LogP) is 3.52. The molecule has 0 atom stereocenters. The topological polar surface area (TPSA) is 85.7 Å². The second-order valence-corrected chi connectivity index (χ2v) is 5.55. The maximum Gasteiger partial charge on any atom is 0.176 e. The molecule has 4 aromatic rings. The van der Waals surface area contributed by atoms with E-state index in [0.29, 0.717) is 12.3 Å². The Kier molecular flexibility index (Phi) is 3.74. The smallest absolute Gasteiger partial charge is 0.176 e. The highest BCUT2D eigenvalue weighted by Gasteiger charge is 2.14. The van der Waals surface area contributed by atoms with Crippen molar-refractivity contribution < 1.29 is 8.94 Å². The molecule has 7 nitrogen and oxygen atoms in total. The van der Waals surface area contributed by atoms with Gasteiger partial charge in [-0.05, 0) is 24.6 Å². The molecular formula is C17H17N5O2. The second-order valence-electron chi connectivity index (χ2n) is 5.55. The molecule has 0 unspecified atom stereocenters. The van der Waals surface area contributed by atoms with E-state index in [9.17, 15) is 0 Å². The van der Waals surface area contributed by atoms with Crippen molar-refractivity contribution in [1.29, 1.82) is 0 Å². The summed E-state index contributed by atoms with van der Waals surface area (Å²) in [6.45, 7) is 2.68. The minimum Gasteiger partial charge on any atom is -0.451 e. The van der Waals surface area contributed by atoms with Gasteiger partial charge in [0.1, 0.15) is 5.69 Å². The van der Waals surface area contributed by atoms with Crippen molar-refractivity contribution in [3.8, 4) is 23.0 Å². The van der Waals surface area contributed by atoms with Crippen LogP contribution in [0, 0.1) is 0 Å². The van der Waals surface area contributed by atoms with Crippen molar-refractivity contribution >= 4 is 0 Å². The van der Waals surface area contributed by atoms with Crippen LogP contribution in [0.4, 0.5) is 0 Å². The van der Waals surface area contributed by atoms with Crippen LogP contribution in [0.15, 0.2) is 51.8 Å². The maximum atomic E-state index is 5.89. The zero-order valence-corrected chi connectivity index (χ0v) is 13.3. The molecule has 1 N–H and O–H groups in total. The monoisotopic (exact) mass is 323 g/mol. The first-order chi connectivity index (χ1) is 11.8. The van der Waals surface area contributed by atoms with E-state index in [1.54, 1.807) is 12.4 Å². The molecule has 122 valence electrons. The van der Waals surface area contributed by atoms with Gasteiger partial charge in [-0.15, -0.1) is 0 Å². The number of furan rings is 1. The Morgan fingerprint density at radius 2 is 2.08 bits per heavy atom. The maximum absolute atomic E-state index is 5.89. The van der Waals surface area contributed by atoms with E-state index in [0.717, 1.165) is 41.6 Å². The number of imidazole rings is 1. The standard InChI is InChI=1S/C17H17N5O2/c1-2-3-12-10-13(24-21-12)11-22-9-8-18-17(22)16-5-4-15(23-16)14-6-7-19-20-14/h4-10H,2-3,11H2,1H3,(H,19,20). The van der Waals surface area contributed by atoms with Crippen LogP contribution in [0.5, 0.6) is 0 Å². The molecule has 0 radical (unpaired) electrons. The lowest BCUT2D eigenvalue weighted by Crippen LogP contribution is -1.99. The van der Waals surface area contributed by atoms with Crippen molar-refractivity contribution in [2.75, 3.05) is 0 Å². The van der Waals surface area contributed by atoms with Gasteiger partial charge < -0.3 is 13.5 Å². The van der Waals surface area contributed by atoms with Crippen molar-refractivity contribution in [3.05, 3.63) is 54.3 Å². The first-order valence-corrected chi connectivity index (χ1v) is 7.89. The minimum absolute atomic E-state index is 0.562. The summed E-state index contributed by atoms with van der Waals surface area (Å²) in [5, 5.41) is 10.9. The summed E-state index contributed by atoms with van der Waals surface area (Å²) in [7, 11) is 0. The van der Waals surface area contributed by atoms with E-state index in [1.165, 1.54) is 0 Å². The molecule has 0 aliphatic heterocycles. The number of aromatic nitrogens is 5. The van der Waals surface area contributed by atoms with Gasteiger partial charge in [0, 0.05) is 24.7 Å². The van der Waals surface area contributed by atoms with E-state index in [1.807, 2.05) is 35.0 Å². The number of hydrogen-bond acceptors (Lipinski definition) is 5. The molecule has 0 aliphatic rings. The Hall–Kier alpha value is -3.09. The van der Waals surface area contributed by atoms with Crippen molar-refractivity contribution in [2.45, 2.75) is 26.3 Å². The molecule has 0 bridgehead atoms. The van der Waals surface area contributed by atoms with Crippen molar-refractivity contribution in [1.82, 2.24) is 24.9 Å². The number of rotatable bonds is 6. The number of aromatic amines is 1. The molecule has 0 saturated heterocycles. The fraction of sp³-hybridized carbons (Fsp3) is 0.235. The molecule has 0 amide bonds. The third kappa shape index (κ3) is 2.76. The average Bonchev–Trinajstić information content (AvgIpc) is 3.36. The Morgan fingerprint density at radius 3 is 2.92 bits per heavy atom. The zero-order valence-electron chi connectivity index (χ0n) is 13.3. The van der Waals surface area contributed by atoms with Gasteiger partial charge in [-0.3, -0.25) is 5.10 Å². The first-order valence-electron chi connectivity index (χ1n) is 7.89. The van der Waals surface area contributed by atoms with Crippen LogP contribution in [-0.2, 0) is 13.0 Å². The fourth-order valence-electron chi connectivity index (χ4n) is 2.63. The second kappa shape index (κ2) is 6.19. The van der Waals surface area contributed by atoms with Crippen LogP contribution in [0.25, 0.3) is 23.0 Å². The highest BCUT2D eigenvalue weighted by atomic mass is 16.5. The van der Waals surface area contributed by atoms with E-state index in [2.05, 4.69) is 27.3 Å². The Morgan fingerprint density at radius 1 is 1.17 bits per heavy atom. The lowest BCUT2D eigenvalue weighted by Gasteiger charge is -2.02. The van der Waals surface area contributed by atoms with Gasteiger partial charge in [-0.25, -0.2) is 4.98 Å². The molecule has 0 spiro atoms. The van der Waals surface area contributed by atoms with Crippen LogP contribution >= 0.6 is 0 Å². The fourth-order valence-corrected chi connectivity index (χ4v) is 2.63. The summed E-state index contributed by atoms with van der Waals surface area (Å²) in [6, 6.07) is 7.65. The van der Waals surface area contributed by atoms with E-state index >= 15 is 0 Å². The lowest BCUT2D eigenvalue weighted by atomic mass is 10.2. The van der Waals surface area contributed by atoms with Crippen LogP contribution in [0.1, 0.15) is 24.8 Å². The van der Waals surface area contributed by atoms with Gasteiger partial charge in [0.2, 0.25) is 0 Å².